The highest BCUT2D eigenvalue weighted by atomic mass is 79.9. The van der Waals surface area contributed by atoms with Gasteiger partial charge in [-0.3, -0.25) is 0 Å². The minimum absolute atomic E-state index is 0. The summed E-state index contributed by atoms with van der Waals surface area (Å²) in [6.07, 6.45) is 5.16. The molecule has 0 aromatic heterocycles. The summed E-state index contributed by atoms with van der Waals surface area (Å²) in [6.45, 7) is 1.49. The maximum atomic E-state index is 8.72. The molecule has 6 heteroatoms. The molecule has 106 valence electrons. The molecule has 1 aromatic rings. The van der Waals surface area contributed by atoms with Crippen LogP contribution < -0.4 is 14.8 Å². The van der Waals surface area contributed by atoms with Gasteiger partial charge < -0.3 is 19.9 Å². The van der Waals surface area contributed by atoms with Crippen molar-refractivity contribution in [3.05, 3.63) is 22.2 Å². The molecule has 1 aromatic carbocycles. The molecule has 0 saturated heterocycles. The third-order valence-corrected chi connectivity index (χ3v) is 2.99. The fraction of sp³-hybridized carbons (Fsp3) is 0.385. The molecule has 4 nitrogen and oxygen atoms in total. The minimum Gasteiger partial charge on any atom is -0.493 e. The summed E-state index contributed by atoms with van der Waals surface area (Å²) >= 11 is 3.46. The minimum atomic E-state index is 0. The zero-order chi connectivity index (χ0) is 13.4. The third-order valence-electron chi connectivity index (χ3n) is 2.25. The Labute approximate surface area is 128 Å². The number of nitrogens with one attached hydrogen (secondary N) is 1. The van der Waals surface area contributed by atoms with Gasteiger partial charge in [-0.2, -0.15) is 0 Å². The van der Waals surface area contributed by atoms with Crippen LogP contribution >= 0.6 is 28.3 Å². The van der Waals surface area contributed by atoms with Crippen LogP contribution in [0.2, 0.25) is 0 Å². The number of rotatable bonds is 7. The number of hydrogen-bond donors (Lipinski definition) is 2. The molecule has 0 heterocycles. The molecule has 0 amide bonds. The zero-order valence-electron chi connectivity index (χ0n) is 10.6. The monoisotopic (exact) mass is 349 g/mol. The SMILES string of the molecule is C#CCOc1cc(Br)c(CNCCO)cc1OC.Cl. The van der Waals surface area contributed by atoms with Crippen LogP contribution in [0.4, 0.5) is 0 Å². The van der Waals surface area contributed by atoms with E-state index in [-0.39, 0.29) is 25.6 Å². The summed E-state index contributed by atoms with van der Waals surface area (Å²) in [5.41, 5.74) is 1.02. The van der Waals surface area contributed by atoms with E-state index in [4.69, 9.17) is 21.0 Å². The van der Waals surface area contributed by atoms with Crippen molar-refractivity contribution in [2.24, 2.45) is 0 Å². The van der Waals surface area contributed by atoms with Crippen LogP contribution in [-0.4, -0.2) is 32.0 Å². The Morgan fingerprint density at radius 2 is 2.16 bits per heavy atom. The fourth-order valence-electron chi connectivity index (χ4n) is 1.41. The van der Waals surface area contributed by atoms with E-state index in [2.05, 4.69) is 27.2 Å². The zero-order valence-corrected chi connectivity index (χ0v) is 13.0. The van der Waals surface area contributed by atoms with Crippen molar-refractivity contribution in [2.45, 2.75) is 6.54 Å². The number of halogens is 2. The number of benzene rings is 1. The molecule has 1 rings (SSSR count). The first-order valence-electron chi connectivity index (χ1n) is 5.47. The first kappa shape index (κ1) is 18.1. The second kappa shape index (κ2) is 9.93. The first-order valence-corrected chi connectivity index (χ1v) is 6.26. The topological polar surface area (TPSA) is 50.7 Å². The van der Waals surface area contributed by atoms with Gasteiger partial charge in [-0.05, 0) is 17.7 Å². The molecule has 0 aliphatic rings. The second-order valence-corrected chi connectivity index (χ2v) is 4.34. The van der Waals surface area contributed by atoms with Crippen molar-refractivity contribution < 1.29 is 14.6 Å². The maximum Gasteiger partial charge on any atom is 0.163 e. The lowest BCUT2D eigenvalue weighted by Crippen LogP contribution is -2.17. The molecule has 0 radical (unpaired) electrons. The lowest BCUT2D eigenvalue weighted by molar-refractivity contribution is 0.291. The number of hydrogen-bond acceptors (Lipinski definition) is 4. The molecule has 0 aliphatic heterocycles. The summed E-state index contributed by atoms with van der Waals surface area (Å²) in [7, 11) is 1.58. The van der Waals surface area contributed by atoms with Crippen LogP contribution in [0.5, 0.6) is 11.5 Å². The predicted molar refractivity (Wildman–Crippen MR) is 81.1 cm³/mol. The van der Waals surface area contributed by atoms with Crippen LogP contribution in [0.25, 0.3) is 0 Å². The fourth-order valence-corrected chi connectivity index (χ4v) is 1.87. The number of terminal acetylenes is 1. The molecule has 2 N–H and O–H groups in total. The van der Waals surface area contributed by atoms with E-state index in [9.17, 15) is 0 Å². The summed E-state index contributed by atoms with van der Waals surface area (Å²) in [5.74, 6) is 3.65. The maximum absolute atomic E-state index is 8.72. The number of aliphatic hydroxyl groups is 1. The largest absolute Gasteiger partial charge is 0.493 e. The highest BCUT2D eigenvalue weighted by Gasteiger charge is 2.09. The van der Waals surface area contributed by atoms with Gasteiger partial charge >= 0.3 is 0 Å². The number of ether oxygens (including phenoxy) is 2. The summed E-state index contributed by atoms with van der Waals surface area (Å²) in [4.78, 5) is 0. The average Bonchev–Trinajstić information content (AvgIpc) is 2.38. The van der Waals surface area contributed by atoms with Crippen LogP contribution in [0.15, 0.2) is 16.6 Å². The quantitative estimate of drug-likeness (QED) is 0.583. The predicted octanol–water partition coefficient (Wildman–Crippen LogP) is 1.97. The van der Waals surface area contributed by atoms with Gasteiger partial charge in [0, 0.05) is 17.6 Å². The Morgan fingerprint density at radius 1 is 1.42 bits per heavy atom. The van der Waals surface area contributed by atoms with Crippen molar-refractivity contribution in [3.8, 4) is 23.8 Å². The molecule has 0 saturated carbocycles. The lowest BCUT2D eigenvalue weighted by Gasteiger charge is -2.13. The Hall–Kier alpha value is -0.930. The standard InChI is InChI=1S/C13H16BrNO3.ClH/c1-3-6-18-13-8-11(14)10(7-12(13)17-2)9-15-4-5-16;/h1,7-8,15-16H,4-6,9H2,2H3;1H. The van der Waals surface area contributed by atoms with E-state index in [0.29, 0.717) is 24.6 Å². The van der Waals surface area contributed by atoms with Gasteiger partial charge in [-0.25, -0.2) is 0 Å². The molecule has 0 unspecified atom stereocenters. The van der Waals surface area contributed by atoms with E-state index < -0.39 is 0 Å². The van der Waals surface area contributed by atoms with E-state index in [1.54, 1.807) is 7.11 Å². The molecule has 0 fully saturated rings. The van der Waals surface area contributed by atoms with Gasteiger partial charge in [0.1, 0.15) is 6.61 Å². The van der Waals surface area contributed by atoms with E-state index >= 15 is 0 Å². The van der Waals surface area contributed by atoms with Gasteiger partial charge in [0.05, 0.1) is 13.7 Å². The van der Waals surface area contributed by atoms with Gasteiger partial charge in [-0.15, -0.1) is 18.8 Å². The molecule has 0 spiro atoms. The van der Waals surface area contributed by atoms with E-state index in [1.165, 1.54) is 0 Å². The lowest BCUT2D eigenvalue weighted by atomic mass is 10.2. The van der Waals surface area contributed by atoms with E-state index in [1.807, 2.05) is 12.1 Å². The Balaban J connectivity index is 0.00000324. The third kappa shape index (κ3) is 5.70. The second-order valence-electron chi connectivity index (χ2n) is 3.49. The summed E-state index contributed by atoms with van der Waals surface area (Å²) in [5, 5.41) is 11.8. The normalized spacial score (nSPS) is 9.37. The first-order chi connectivity index (χ1) is 8.72. The smallest absolute Gasteiger partial charge is 0.163 e. The number of methoxy groups -OCH3 is 1. The molecule has 19 heavy (non-hydrogen) atoms. The van der Waals surface area contributed by atoms with Gasteiger partial charge in [-0.1, -0.05) is 21.9 Å². The van der Waals surface area contributed by atoms with Crippen LogP contribution in [-0.2, 0) is 6.54 Å². The van der Waals surface area contributed by atoms with Crippen molar-refractivity contribution in [1.82, 2.24) is 5.32 Å². The molecule has 0 aliphatic carbocycles. The van der Waals surface area contributed by atoms with E-state index in [0.717, 1.165) is 10.0 Å². The Bertz CT molecular complexity index is 435. The Morgan fingerprint density at radius 3 is 2.74 bits per heavy atom. The van der Waals surface area contributed by atoms with Crippen molar-refractivity contribution >= 4 is 28.3 Å². The molecular weight excluding hydrogens is 334 g/mol. The average molecular weight is 351 g/mol. The van der Waals surface area contributed by atoms with Gasteiger partial charge in [0.25, 0.3) is 0 Å². The molecule has 0 atom stereocenters. The van der Waals surface area contributed by atoms with Crippen LogP contribution in [0, 0.1) is 12.3 Å². The summed E-state index contributed by atoms with van der Waals surface area (Å²) in [6, 6.07) is 3.70. The van der Waals surface area contributed by atoms with Crippen molar-refractivity contribution in [2.75, 3.05) is 26.9 Å². The van der Waals surface area contributed by atoms with Gasteiger partial charge in [0.15, 0.2) is 11.5 Å². The summed E-state index contributed by atoms with van der Waals surface area (Å²) < 4.78 is 11.5. The van der Waals surface area contributed by atoms with Crippen LogP contribution in [0.1, 0.15) is 5.56 Å². The highest BCUT2D eigenvalue weighted by Crippen LogP contribution is 2.33. The Kier molecular flexibility index (Phi) is 9.44. The van der Waals surface area contributed by atoms with Gasteiger partial charge in [0.2, 0.25) is 0 Å². The van der Waals surface area contributed by atoms with Crippen molar-refractivity contribution in [1.29, 1.82) is 0 Å². The van der Waals surface area contributed by atoms with Crippen molar-refractivity contribution in [3.63, 3.8) is 0 Å². The molecule has 0 bridgehead atoms. The molecular formula is C13H17BrClNO3. The highest BCUT2D eigenvalue weighted by molar-refractivity contribution is 9.10. The van der Waals surface area contributed by atoms with Crippen LogP contribution in [0.3, 0.4) is 0 Å². The number of aliphatic hydroxyl groups excluding tert-OH is 1.